The maximum atomic E-state index is 2.76. The van der Waals surface area contributed by atoms with Gasteiger partial charge in [-0.1, -0.05) is 154 Å². The zero-order valence-corrected chi connectivity index (χ0v) is 48.9. The Morgan fingerprint density at radius 2 is 0.810 bits per heavy atom. The second-order valence-electron chi connectivity index (χ2n) is 24.2. The third-order valence-electron chi connectivity index (χ3n) is 19.3. The largest absolute Gasteiger partial charge is 0.309 e. The molecule has 12 aromatic carbocycles. The first kappa shape index (κ1) is 50.6. The molecule has 0 saturated heterocycles. The Labute approximate surface area is 493 Å². The highest BCUT2D eigenvalue weighted by Gasteiger charge is 2.31. The van der Waals surface area contributed by atoms with E-state index in [2.05, 4.69) is 253 Å². The summed E-state index contributed by atoms with van der Waals surface area (Å²) in [5, 5.41) is 13.2. The van der Waals surface area contributed by atoms with E-state index < -0.39 is 0 Å². The van der Waals surface area contributed by atoms with Gasteiger partial charge in [0.25, 0.3) is 0 Å². The van der Waals surface area contributed by atoms with Gasteiger partial charge < -0.3 is 18.9 Å². The standard InChI is InChI=1S/C80H70N4/c1-5-23-55-49-74(83(68-39-21-27-53-25-13-15-33-59(53)68)67-47-48-72-76(52(67)4)63-35-17-19-37-70(63)81(72)57-29-9-7-10-30-57)65-44-42-62-56(24-6-2)50-75(66-45-43-61(55)77(65)78(62)66)84(69-40-22-28-54-26-14-16-34-60(54)69)80-51(3)41-46-73-79(80)64-36-18-20-38-71(64)82(73)58-31-11-8-12-32-58/h7-12,17-22,27-32,35-50H,5-6,13-16,23-26,33-34H2,1-4H3. The predicted molar refractivity (Wildman–Crippen MR) is 359 cm³/mol. The number of fused-ring (bicyclic) bond motifs is 8. The molecule has 0 spiro atoms. The molecule has 2 heterocycles. The van der Waals surface area contributed by atoms with Crippen LogP contribution in [0.15, 0.2) is 206 Å². The lowest BCUT2D eigenvalue weighted by atomic mass is 9.85. The van der Waals surface area contributed by atoms with Crippen molar-refractivity contribution < 1.29 is 0 Å². The summed E-state index contributed by atoms with van der Waals surface area (Å²) in [5.74, 6) is 0. The quantitative estimate of drug-likeness (QED) is 0.113. The molecular weight excluding hydrogens is 1020 g/mol. The van der Waals surface area contributed by atoms with Crippen LogP contribution in [0.2, 0.25) is 0 Å². The summed E-state index contributed by atoms with van der Waals surface area (Å²) in [6.07, 6.45) is 13.3. The Hall–Kier alpha value is -9.12. The van der Waals surface area contributed by atoms with Crippen LogP contribution in [-0.4, -0.2) is 9.13 Å². The Morgan fingerprint density at radius 1 is 0.345 bits per heavy atom. The molecule has 2 aromatic heterocycles. The summed E-state index contributed by atoms with van der Waals surface area (Å²) in [4.78, 5) is 5.48. The number of aryl methyl sites for hydroxylation is 6. The van der Waals surface area contributed by atoms with Crippen molar-refractivity contribution in [3.63, 3.8) is 0 Å². The number of benzene rings is 12. The second kappa shape index (κ2) is 20.3. The van der Waals surface area contributed by atoms with E-state index in [-0.39, 0.29) is 0 Å². The number of rotatable bonds is 12. The Bertz CT molecular complexity index is 4900. The van der Waals surface area contributed by atoms with Crippen molar-refractivity contribution >= 4 is 110 Å². The van der Waals surface area contributed by atoms with Crippen LogP contribution in [0.5, 0.6) is 0 Å². The van der Waals surface area contributed by atoms with Crippen LogP contribution in [-0.2, 0) is 38.5 Å². The molecule has 4 heteroatoms. The molecule has 14 aromatic rings. The fraction of sp³-hybridized carbons (Fsp3) is 0.200. The fourth-order valence-electron chi connectivity index (χ4n) is 15.7. The third-order valence-corrected chi connectivity index (χ3v) is 19.3. The van der Waals surface area contributed by atoms with E-state index in [1.807, 2.05) is 0 Å². The Morgan fingerprint density at radius 3 is 1.37 bits per heavy atom. The molecule has 4 nitrogen and oxygen atoms in total. The van der Waals surface area contributed by atoms with E-state index in [1.165, 1.54) is 192 Å². The lowest BCUT2D eigenvalue weighted by Crippen LogP contribution is -2.18. The first-order valence-corrected chi connectivity index (χ1v) is 31.2. The van der Waals surface area contributed by atoms with E-state index >= 15 is 0 Å². The monoisotopic (exact) mass is 1090 g/mol. The van der Waals surface area contributed by atoms with Crippen LogP contribution in [0.4, 0.5) is 34.1 Å². The highest BCUT2D eigenvalue weighted by atomic mass is 15.2. The molecular formula is C80H70N4. The van der Waals surface area contributed by atoms with E-state index in [9.17, 15) is 0 Å². The van der Waals surface area contributed by atoms with Crippen molar-refractivity contribution in [1.82, 2.24) is 9.13 Å². The Kier molecular flexibility index (Phi) is 12.3. The maximum Gasteiger partial charge on any atom is 0.0591 e. The van der Waals surface area contributed by atoms with E-state index in [0.29, 0.717) is 0 Å². The van der Waals surface area contributed by atoms with Crippen LogP contribution < -0.4 is 9.80 Å². The first-order valence-electron chi connectivity index (χ1n) is 31.2. The summed E-state index contributed by atoms with van der Waals surface area (Å²) in [6.45, 7) is 9.47. The lowest BCUT2D eigenvalue weighted by molar-refractivity contribution is 0.686. The number of hydrogen-bond donors (Lipinski definition) is 0. The Balaban J connectivity index is 1.02. The summed E-state index contributed by atoms with van der Waals surface area (Å²) < 4.78 is 4.96. The minimum Gasteiger partial charge on any atom is -0.309 e. The number of anilines is 6. The normalized spacial score (nSPS) is 13.5. The smallest absolute Gasteiger partial charge is 0.0591 e. The topological polar surface area (TPSA) is 16.3 Å². The van der Waals surface area contributed by atoms with Crippen molar-refractivity contribution in [2.75, 3.05) is 9.80 Å². The van der Waals surface area contributed by atoms with Gasteiger partial charge in [-0.05, 0) is 223 Å². The molecule has 410 valence electrons. The highest BCUT2D eigenvalue weighted by Crippen LogP contribution is 2.54. The maximum absolute atomic E-state index is 2.76. The average Bonchev–Trinajstić information content (AvgIpc) is 1.13. The molecule has 0 saturated carbocycles. The van der Waals surface area contributed by atoms with E-state index in [0.717, 1.165) is 51.4 Å². The molecule has 0 unspecified atom stereocenters. The molecule has 0 amide bonds. The summed E-state index contributed by atoms with van der Waals surface area (Å²) in [7, 11) is 0. The third kappa shape index (κ3) is 7.72. The second-order valence-corrected chi connectivity index (χ2v) is 24.2. The van der Waals surface area contributed by atoms with Crippen LogP contribution >= 0.6 is 0 Å². The first-order chi connectivity index (χ1) is 41.5. The molecule has 0 radical (unpaired) electrons. The van der Waals surface area contributed by atoms with Gasteiger partial charge in [-0.2, -0.15) is 0 Å². The molecule has 0 bridgehead atoms. The molecule has 16 rings (SSSR count). The summed E-state index contributed by atoms with van der Waals surface area (Å²) in [5.41, 5.74) is 26.2. The molecule has 0 fully saturated rings. The molecule has 2 aliphatic carbocycles. The van der Waals surface area contributed by atoms with Gasteiger partial charge in [-0.25, -0.2) is 0 Å². The van der Waals surface area contributed by atoms with Crippen molar-refractivity contribution in [3.05, 3.63) is 251 Å². The zero-order valence-electron chi connectivity index (χ0n) is 48.9. The number of hydrogen-bond acceptors (Lipinski definition) is 2. The zero-order chi connectivity index (χ0) is 56.2. The molecule has 84 heavy (non-hydrogen) atoms. The molecule has 0 N–H and O–H groups in total. The van der Waals surface area contributed by atoms with Gasteiger partial charge in [0, 0.05) is 60.8 Å². The lowest BCUT2D eigenvalue weighted by Gasteiger charge is -2.35. The van der Waals surface area contributed by atoms with Crippen molar-refractivity contribution in [3.8, 4) is 11.4 Å². The molecule has 2 aliphatic rings. The number of aromatic nitrogens is 2. The minimum absolute atomic E-state index is 0.977. The SMILES string of the molecule is CCCc1cc(N(c2cccc3c2CCCC3)c2ccc3c(c2C)c2ccccc2n3-c2ccccc2)c2ccc3c(CCC)cc(N(c4cccc5c4CCCC5)c4c(C)ccc5c4c4ccccc4n5-c4ccccc4)c4ccc1c2c34. The van der Waals surface area contributed by atoms with Crippen LogP contribution in [0, 0.1) is 13.8 Å². The van der Waals surface area contributed by atoms with Crippen molar-refractivity contribution in [2.24, 2.45) is 0 Å². The van der Waals surface area contributed by atoms with Crippen LogP contribution in [0.25, 0.3) is 87.3 Å². The number of para-hydroxylation sites is 4. The fourth-order valence-corrected chi connectivity index (χ4v) is 15.7. The van der Waals surface area contributed by atoms with Gasteiger partial charge in [-0.15, -0.1) is 0 Å². The molecule has 0 atom stereocenters. The van der Waals surface area contributed by atoms with Crippen molar-refractivity contribution in [2.45, 2.75) is 105 Å². The van der Waals surface area contributed by atoms with Gasteiger partial charge in [0.15, 0.2) is 0 Å². The number of nitrogens with zero attached hydrogens (tertiary/aromatic N) is 4. The van der Waals surface area contributed by atoms with E-state index in [1.54, 1.807) is 0 Å². The van der Waals surface area contributed by atoms with Crippen LogP contribution in [0.1, 0.15) is 96.9 Å². The van der Waals surface area contributed by atoms with Gasteiger partial charge >= 0.3 is 0 Å². The summed E-state index contributed by atoms with van der Waals surface area (Å²) in [6, 6.07) is 79.3. The van der Waals surface area contributed by atoms with Crippen molar-refractivity contribution in [1.29, 1.82) is 0 Å². The predicted octanol–water partition coefficient (Wildman–Crippen LogP) is 22.0. The minimum atomic E-state index is 0.977. The van der Waals surface area contributed by atoms with E-state index in [4.69, 9.17) is 0 Å². The van der Waals surface area contributed by atoms with Gasteiger partial charge in [0.05, 0.1) is 39.1 Å². The van der Waals surface area contributed by atoms with Gasteiger partial charge in [-0.3, -0.25) is 0 Å². The molecule has 0 aliphatic heterocycles. The average molecular weight is 1090 g/mol. The highest BCUT2D eigenvalue weighted by molar-refractivity contribution is 6.30. The summed E-state index contributed by atoms with van der Waals surface area (Å²) >= 11 is 0. The van der Waals surface area contributed by atoms with Gasteiger partial charge in [0.1, 0.15) is 0 Å². The van der Waals surface area contributed by atoms with Crippen LogP contribution in [0.3, 0.4) is 0 Å². The van der Waals surface area contributed by atoms with Gasteiger partial charge in [0.2, 0.25) is 0 Å².